The van der Waals surface area contributed by atoms with Crippen molar-refractivity contribution in [1.82, 2.24) is 5.32 Å². The molecule has 0 bridgehead atoms. The van der Waals surface area contributed by atoms with Gasteiger partial charge in [0.15, 0.2) is 5.50 Å². The molecule has 4 aromatic rings. The summed E-state index contributed by atoms with van der Waals surface area (Å²) in [6.07, 6.45) is 2.92. The van der Waals surface area contributed by atoms with Crippen molar-refractivity contribution in [3.05, 3.63) is 113 Å². The van der Waals surface area contributed by atoms with Crippen LogP contribution < -0.4 is 15.4 Å². The summed E-state index contributed by atoms with van der Waals surface area (Å²) in [6, 6.07) is 30.8. The lowest BCUT2D eigenvalue weighted by Crippen LogP contribution is -2.30. The van der Waals surface area contributed by atoms with Crippen LogP contribution in [0.4, 0.5) is 5.69 Å². The minimum Gasteiger partial charge on any atom is -0.489 e. The molecule has 1 fully saturated rings. The Morgan fingerprint density at radius 2 is 1.65 bits per heavy atom. The van der Waals surface area contributed by atoms with Crippen molar-refractivity contribution >= 4 is 40.2 Å². The van der Waals surface area contributed by atoms with Crippen molar-refractivity contribution in [2.45, 2.75) is 25.4 Å². The van der Waals surface area contributed by atoms with Crippen LogP contribution in [0.25, 0.3) is 16.8 Å². The van der Waals surface area contributed by atoms with Gasteiger partial charge in [-0.25, -0.2) is 0 Å². The molecule has 0 saturated carbocycles. The maximum atomic E-state index is 12.4. The SMILES string of the molecule is CCc1ccc(N[C@H]2NC(=O)/C(=C/c3ccc(OCc4ccc5ccccc5c4)cc3)S2)cc1. The van der Waals surface area contributed by atoms with E-state index in [2.05, 4.69) is 60.0 Å². The predicted molar refractivity (Wildman–Crippen MR) is 142 cm³/mol. The van der Waals surface area contributed by atoms with Gasteiger partial charge in [-0.15, -0.1) is 0 Å². The number of nitrogens with one attached hydrogen (secondary N) is 2. The summed E-state index contributed by atoms with van der Waals surface area (Å²) in [6.45, 7) is 2.65. The average molecular weight is 467 g/mol. The molecule has 170 valence electrons. The number of fused-ring (bicyclic) bond motifs is 1. The van der Waals surface area contributed by atoms with E-state index in [1.165, 1.54) is 28.1 Å². The van der Waals surface area contributed by atoms with Gasteiger partial charge >= 0.3 is 0 Å². The third-order valence-corrected chi connectivity index (χ3v) is 6.82. The molecule has 1 atom stereocenters. The highest BCUT2D eigenvalue weighted by molar-refractivity contribution is 8.05. The van der Waals surface area contributed by atoms with Gasteiger partial charge in [0.1, 0.15) is 12.4 Å². The summed E-state index contributed by atoms with van der Waals surface area (Å²) in [7, 11) is 0. The van der Waals surface area contributed by atoms with E-state index in [9.17, 15) is 4.79 Å². The molecular formula is C29H26N2O2S. The van der Waals surface area contributed by atoms with E-state index in [4.69, 9.17) is 4.74 Å². The smallest absolute Gasteiger partial charge is 0.260 e. The fraction of sp³-hybridized carbons (Fsp3) is 0.138. The molecule has 0 spiro atoms. The Hall–Kier alpha value is -3.70. The highest BCUT2D eigenvalue weighted by atomic mass is 32.2. The Morgan fingerprint density at radius 3 is 2.41 bits per heavy atom. The monoisotopic (exact) mass is 466 g/mol. The van der Waals surface area contributed by atoms with Crippen LogP contribution in [0.5, 0.6) is 5.75 Å². The van der Waals surface area contributed by atoms with Crippen LogP contribution in [0.2, 0.25) is 0 Å². The van der Waals surface area contributed by atoms with Crippen molar-refractivity contribution in [1.29, 1.82) is 0 Å². The van der Waals surface area contributed by atoms with Crippen LogP contribution in [-0.4, -0.2) is 11.4 Å². The van der Waals surface area contributed by atoms with Crippen LogP contribution in [-0.2, 0) is 17.8 Å². The second kappa shape index (κ2) is 10.1. The van der Waals surface area contributed by atoms with Gasteiger partial charge in [0.2, 0.25) is 0 Å². The largest absolute Gasteiger partial charge is 0.489 e. The minimum atomic E-state index is -0.184. The maximum absolute atomic E-state index is 12.4. The lowest BCUT2D eigenvalue weighted by molar-refractivity contribution is -0.116. The number of benzene rings is 4. The molecule has 0 aromatic heterocycles. The first kappa shape index (κ1) is 22.1. The summed E-state index contributed by atoms with van der Waals surface area (Å²) < 4.78 is 5.97. The molecule has 2 N–H and O–H groups in total. The second-order valence-electron chi connectivity index (χ2n) is 8.21. The molecule has 1 amide bonds. The van der Waals surface area contributed by atoms with E-state index in [0.717, 1.165) is 29.0 Å². The van der Waals surface area contributed by atoms with Gasteiger partial charge in [-0.3, -0.25) is 4.79 Å². The first-order chi connectivity index (χ1) is 16.7. The highest BCUT2D eigenvalue weighted by Gasteiger charge is 2.27. The van der Waals surface area contributed by atoms with Crippen LogP contribution in [0, 0.1) is 0 Å². The summed E-state index contributed by atoms with van der Waals surface area (Å²) in [5.74, 6) is 0.734. The normalized spacial score (nSPS) is 16.6. The van der Waals surface area contributed by atoms with Gasteiger partial charge in [-0.05, 0) is 70.3 Å². The molecule has 1 heterocycles. The van der Waals surface area contributed by atoms with E-state index >= 15 is 0 Å². The molecular weight excluding hydrogens is 440 g/mol. The standard InChI is InChI=1S/C29H26N2O2S/c1-2-20-8-13-25(14-9-20)30-29-31-28(32)27(34-29)18-21-10-15-26(16-11-21)33-19-22-7-12-23-5-3-4-6-24(23)17-22/h3-18,29-30H,2,19H2,1H3,(H,31,32)/b27-18-/t29-/m0/s1. The molecule has 34 heavy (non-hydrogen) atoms. The molecule has 5 heteroatoms. The zero-order valence-electron chi connectivity index (χ0n) is 19.0. The lowest BCUT2D eigenvalue weighted by Gasteiger charge is -2.12. The summed E-state index contributed by atoms with van der Waals surface area (Å²) >= 11 is 1.49. The average Bonchev–Trinajstić information content (AvgIpc) is 3.22. The number of carbonyl (C=O) groups excluding carboxylic acids is 1. The van der Waals surface area contributed by atoms with Gasteiger partial charge in [-0.1, -0.05) is 79.3 Å². The van der Waals surface area contributed by atoms with Crippen LogP contribution in [0.3, 0.4) is 0 Å². The maximum Gasteiger partial charge on any atom is 0.260 e. The first-order valence-electron chi connectivity index (χ1n) is 11.4. The highest BCUT2D eigenvalue weighted by Crippen LogP contribution is 2.30. The Bertz CT molecular complexity index is 1330. The molecule has 1 aliphatic rings. The lowest BCUT2D eigenvalue weighted by atomic mass is 10.1. The van der Waals surface area contributed by atoms with E-state index in [1.807, 2.05) is 54.6 Å². The zero-order valence-corrected chi connectivity index (χ0v) is 19.8. The fourth-order valence-corrected chi connectivity index (χ4v) is 4.85. The van der Waals surface area contributed by atoms with Gasteiger partial charge < -0.3 is 15.4 Å². The summed E-state index contributed by atoms with van der Waals surface area (Å²) in [5, 5.41) is 8.78. The number of ether oxygens (including phenoxy) is 1. The summed E-state index contributed by atoms with van der Waals surface area (Å²) in [5.41, 5.74) is 4.19. The Kier molecular flexibility index (Phi) is 6.54. The number of aryl methyl sites for hydroxylation is 1. The van der Waals surface area contributed by atoms with Crippen LogP contribution in [0.15, 0.2) is 95.9 Å². The molecule has 4 nitrogen and oxygen atoms in total. The molecule has 0 unspecified atom stereocenters. The van der Waals surface area contributed by atoms with Crippen molar-refractivity contribution in [2.24, 2.45) is 0 Å². The number of amides is 1. The van der Waals surface area contributed by atoms with Crippen molar-refractivity contribution in [3.63, 3.8) is 0 Å². The van der Waals surface area contributed by atoms with Crippen LogP contribution >= 0.6 is 11.8 Å². The van der Waals surface area contributed by atoms with Gasteiger partial charge in [0.05, 0.1) is 4.91 Å². The number of thioether (sulfide) groups is 1. The molecule has 0 radical (unpaired) electrons. The predicted octanol–water partition coefficient (Wildman–Crippen LogP) is 6.58. The topological polar surface area (TPSA) is 50.4 Å². The van der Waals surface area contributed by atoms with Crippen molar-refractivity contribution in [3.8, 4) is 5.75 Å². The third-order valence-electron chi connectivity index (χ3n) is 5.79. The second-order valence-corrected chi connectivity index (χ2v) is 9.36. The van der Waals surface area contributed by atoms with E-state index in [-0.39, 0.29) is 11.4 Å². The first-order valence-corrected chi connectivity index (χ1v) is 12.3. The van der Waals surface area contributed by atoms with E-state index in [1.54, 1.807) is 0 Å². The van der Waals surface area contributed by atoms with Crippen LogP contribution in [0.1, 0.15) is 23.6 Å². The Labute approximate surface area is 204 Å². The molecule has 5 rings (SSSR count). The minimum absolute atomic E-state index is 0.0655. The van der Waals surface area contributed by atoms with Crippen molar-refractivity contribution < 1.29 is 9.53 Å². The Balaban J connectivity index is 1.18. The molecule has 0 aliphatic carbocycles. The third kappa shape index (κ3) is 5.26. The Morgan fingerprint density at radius 1 is 0.912 bits per heavy atom. The summed E-state index contributed by atoms with van der Waals surface area (Å²) in [4.78, 5) is 13.1. The number of anilines is 1. The van der Waals surface area contributed by atoms with Gasteiger partial charge in [-0.2, -0.15) is 0 Å². The number of rotatable bonds is 7. The quantitative estimate of drug-likeness (QED) is 0.302. The van der Waals surface area contributed by atoms with Gasteiger partial charge in [0.25, 0.3) is 5.91 Å². The molecule has 1 aliphatic heterocycles. The van der Waals surface area contributed by atoms with Crippen molar-refractivity contribution in [2.75, 3.05) is 5.32 Å². The number of carbonyl (C=O) groups is 1. The van der Waals surface area contributed by atoms with Gasteiger partial charge in [0, 0.05) is 5.69 Å². The zero-order chi connectivity index (χ0) is 23.3. The van der Waals surface area contributed by atoms with E-state index in [0.29, 0.717) is 11.5 Å². The van der Waals surface area contributed by atoms with E-state index < -0.39 is 0 Å². The molecule has 4 aromatic carbocycles. The number of hydrogen-bond acceptors (Lipinski definition) is 4. The number of hydrogen-bond donors (Lipinski definition) is 2. The fourth-order valence-electron chi connectivity index (χ4n) is 3.86. The molecule has 1 saturated heterocycles.